The summed E-state index contributed by atoms with van der Waals surface area (Å²) in [4.78, 5) is 11.1. The van der Waals surface area contributed by atoms with Crippen LogP contribution in [-0.2, 0) is 6.42 Å². The van der Waals surface area contributed by atoms with Gasteiger partial charge in [-0.15, -0.1) is 0 Å². The standard InChI is InChI=1S/C11H13FO/c1-8(12)7-10-5-3-4-6-11(10)9(2)13/h3-6,8H,7H2,1-2H3. The predicted molar refractivity (Wildman–Crippen MR) is 50.7 cm³/mol. The van der Waals surface area contributed by atoms with Crippen LogP contribution in [0, 0.1) is 0 Å². The van der Waals surface area contributed by atoms with Crippen LogP contribution < -0.4 is 0 Å². The Morgan fingerprint density at radius 3 is 2.62 bits per heavy atom. The number of hydrogen-bond donors (Lipinski definition) is 0. The Morgan fingerprint density at radius 2 is 2.08 bits per heavy atom. The van der Waals surface area contributed by atoms with Gasteiger partial charge in [-0.3, -0.25) is 4.79 Å². The van der Waals surface area contributed by atoms with E-state index in [9.17, 15) is 9.18 Å². The lowest BCUT2D eigenvalue weighted by molar-refractivity contribution is 0.101. The van der Waals surface area contributed by atoms with Gasteiger partial charge in [-0.05, 0) is 19.4 Å². The number of benzene rings is 1. The molecule has 0 amide bonds. The molecule has 1 rings (SSSR count). The zero-order chi connectivity index (χ0) is 9.84. The van der Waals surface area contributed by atoms with Crippen LogP contribution in [0.25, 0.3) is 0 Å². The summed E-state index contributed by atoms with van der Waals surface area (Å²) in [5.74, 6) is -0.00347. The molecule has 0 aliphatic carbocycles. The Labute approximate surface area is 77.6 Å². The molecule has 70 valence electrons. The van der Waals surface area contributed by atoms with Crippen LogP contribution in [0.4, 0.5) is 4.39 Å². The summed E-state index contributed by atoms with van der Waals surface area (Å²) in [6.45, 7) is 3.00. The maximum absolute atomic E-state index is 12.7. The van der Waals surface area contributed by atoms with Gasteiger partial charge in [-0.2, -0.15) is 0 Å². The minimum atomic E-state index is -0.902. The number of ketones is 1. The molecule has 0 aliphatic rings. The minimum Gasteiger partial charge on any atom is -0.295 e. The van der Waals surface area contributed by atoms with Gasteiger partial charge in [0.15, 0.2) is 5.78 Å². The van der Waals surface area contributed by atoms with Crippen LogP contribution >= 0.6 is 0 Å². The molecule has 2 heteroatoms. The van der Waals surface area contributed by atoms with Gasteiger partial charge in [-0.1, -0.05) is 24.3 Å². The molecule has 0 fully saturated rings. The number of hydrogen-bond acceptors (Lipinski definition) is 1. The zero-order valence-electron chi connectivity index (χ0n) is 7.88. The highest BCUT2D eigenvalue weighted by Crippen LogP contribution is 2.12. The fourth-order valence-corrected chi connectivity index (χ4v) is 1.34. The molecule has 0 aromatic heterocycles. The van der Waals surface area contributed by atoms with Gasteiger partial charge in [0.2, 0.25) is 0 Å². The van der Waals surface area contributed by atoms with Gasteiger partial charge in [0.25, 0.3) is 0 Å². The molecule has 1 unspecified atom stereocenters. The highest BCUT2D eigenvalue weighted by atomic mass is 19.1. The van der Waals surface area contributed by atoms with Crippen molar-refractivity contribution in [3.63, 3.8) is 0 Å². The van der Waals surface area contributed by atoms with Crippen molar-refractivity contribution in [1.82, 2.24) is 0 Å². The van der Waals surface area contributed by atoms with Crippen molar-refractivity contribution in [2.75, 3.05) is 0 Å². The molecular weight excluding hydrogens is 167 g/mol. The highest BCUT2D eigenvalue weighted by Gasteiger charge is 2.08. The molecule has 1 atom stereocenters. The van der Waals surface area contributed by atoms with E-state index >= 15 is 0 Å². The van der Waals surface area contributed by atoms with E-state index in [0.717, 1.165) is 5.56 Å². The lowest BCUT2D eigenvalue weighted by Crippen LogP contribution is -2.04. The first-order valence-corrected chi connectivity index (χ1v) is 4.34. The fourth-order valence-electron chi connectivity index (χ4n) is 1.34. The Balaban J connectivity index is 2.98. The molecule has 1 aromatic carbocycles. The number of rotatable bonds is 3. The van der Waals surface area contributed by atoms with Crippen molar-refractivity contribution in [3.05, 3.63) is 35.4 Å². The maximum Gasteiger partial charge on any atom is 0.160 e. The average molecular weight is 180 g/mol. The van der Waals surface area contributed by atoms with Crippen molar-refractivity contribution >= 4 is 5.78 Å². The summed E-state index contributed by atoms with van der Waals surface area (Å²) in [6, 6.07) is 7.15. The first-order chi connectivity index (χ1) is 6.11. The highest BCUT2D eigenvalue weighted by molar-refractivity contribution is 5.95. The Hall–Kier alpha value is -1.18. The van der Waals surface area contributed by atoms with Crippen molar-refractivity contribution < 1.29 is 9.18 Å². The van der Waals surface area contributed by atoms with E-state index in [1.54, 1.807) is 18.2 Å². The lowest BCUT2D eigenvalue weighted by Gasteiger charge is -2.06. The second-order valence-electron chi connectivity index (χ2n) is 3.20. The normalized spacial score (nSPS) is 12.5. The SMILES string of the molecule is CC(=O)c1ccccc1CC(C)F. The van der Waals surface area contributed by atoms with E-state index in [0.29, 0.717) is 12.0 Å². The molecule has 0 radical (unpaired) electrons. The van der Waals surface area contributed by atoms with Crippen LogP contribution in [-0.4, -0.2) is 12.0 Å². The maximum atomic E-state index is 12.7. The van der Waals surface area contributed by atoms with Crippen LogP contribution in [0.15, 0.2) is 24.3 Å². The number of carbonyl (C=O) groups excluding carboxylic acids is 1. The molecule has 1 nitrogen and oxygen atoms in total. The molecule has 0 saturated carbocycles. The summed E-state index contributed by atoms with van der Waals surface area (Å²) < 4.78 is 12.7. The third-order valence-corrected chi connectivity index (χ3v) is 1.90. The molecule has 13 heavy (non-hydrogen) atoms. The van der Waals surface area contributed by atoms with Crippen LogP contribution in [0.2, 0.25) is 0 Å². The molecule has 0 N–H and O–H groups in total. The number of Topliss-reactive ketones (excluding diaryl/α,β-unsaturated/α-hetero) is 1. The first kappa shape index (κ1) is 9.90. The fraction of sp³-hybridized carbons (Fsp3) is 0.364. The largest absolute Gasteiger partial charge is 0.295 e. The van der Waals surface area contributed by atoms with Crippen LogP contribution in [0.3, 0.4) is 0 Å². The van der Waals surface area contributed by atoms with E-state index in [-0.39, 0.29) is 5.78 Å². The van der Waals surface area contributed by atoms with Gasteiger partial charge >= 0.3 is 0 Å². The first-order valence-electron chi connectivity index (χ1n) is 4.34. The van der Waals surface area contributed by atoms with E-state index in [4.69, 9.17) is 0 Å². The molecule has 0 bridgehead atoms. The second-order valence-corrected chi connectivity index (χ2v) is 3.20. The molecule has 1 aromatic rings. The van der Waals surface area contributed by atoms with E-state index in [2.05, 4.69) is 0 Å². The molecule has 0 spiro atoms. The van der Waals surface area contributed by atoms with E-state index in [1.807, 2.05) is 6.07 Å². The monoisotopic (exact) mass is 180 g/mol. The minimum absolute atomic E-state index is 0.00347. The quantitative estimate of drug-likeness (QED) is 0.654. The number of halogens is 1. The zero-order valence-corrected chi connectivity index (χ0v) is 7.88. The average Bonchev–Trinajstić information content (AvgIpc) is 2.03. The van der Waals surface area contributed by atoms with Crippen molar-refractivity contribution in [2.45, 2.75) is 26.4 Å². The Morgan fingerprint density at radius 1 is 1.46 bits per heavy atom. The van der Waals surface area contributed by atoms with Crippen molar-refractivity contribution in [3.8, 4) is 0 Å². The molecular formula is C11H13FO. The Kier molecular flexibility index (Phi) is 3.18. The number of alkyl halides is 1. The summed E-state index contributed by atoms with van der Waals surface area (Å²) in [5, 5.41) is 0. The predicted octanol–water partition coefficient (Wildman–Crippen LogP) is 2.79. The summed E-state index contributed by atoms with van der Waals surface area (Å²) in [7, 11) is 0. The van der Waals surface area contributed by atoms with E-state index in [1.165, 1.54) is 13.8 Å². The van der Waals surface area contributed by atoms with Crippen LogP contribution in [0.1, 0.15) is 29.8 Å². The van der Waals surface area contributed by atoms with Gasteiger partial charge in [0.05, 0.1) is 0 Å². The van der Waals surface area contributed by atoms with Gasteiger partial charge in [-0.25, -0.2) is 4.39 Å². The molecule has 0 heterocycles. The van der Waals surface area contributed by atoms with E-state index < -0.39 is 6.17 Å². The third-order valence-electron chi connectivity index (χ3n) is 1.90. The molecule has 0 aliphatic heterocycles. The summed E-state index contributed by atoms with van der Waals surface area (Å²) in [5.41, 5.74) is 1.43. The van der Waals surface area contributed by atoms with Crippen molar-refractivity contribution in [1.29, 1.82) is 0 Å². The smallest absolute Gasteiger partial charge is 0.160 e. The lowest BCUT2D eigenvalue weighted by atomic mass is 10.0. The third kappa shape index (κ3) is 2.65. The second kappa shape index (κ2) is 4.17. The van der Waals surface area contributed by atoms with Gasteiger partial charge in [0, 0.05) is 12.0 Å². The topological polar surface area (TPSA) is 17.1 Å². The van der Waals surface area contributed by atoms with Gasteiger partial charge in [0.1, 0.15) is 6.17 Å². The molecule has 0 saturated heterocycles. The summed E-state index contributed by atoms with van der Waals surface area (Å²) >= 11 is 0. The summed E-state index contributed by atoms with van der Waals surface area (Å²) in [6.07, 6.45) is -0.587. The van der Waals surface area contributed by atoms with Gasteiger partial charge < -0.3 is 0 Å². The number of carbonyl (C=O) groups is 1. The van der Waals surface area contributed by atoms with Crippen molar-refractivity contribution in [2.24, 2.45) is 0 Å². The Bertz CT molecular complexity index is 305. The van der Waals surface area contributed by atoms with Crippen LogP contribution in [0.5, 0.6) is 0 Å².